The van der Waals surface area contributed by atoms with Gasteiger partial charge in [0, 0.05) is 17.5 Å². The fourth-order valence-corrected chi connectivity index (χ4v) is 2.29. The molecule has 0 saturated heterocycles. The first-order valence-electron chi connectivity index (χ1n) is 6.85. The van der Waals surface area contributed by atoms with Crippen molar-refractivity contribution in [1.29, 1.82) is 0 Å². The fraction of sp³-hybridized carbons (Fsp3) is 0.267. The molecule has 0 bridgehead atoms. The van der Waals surface area contributed by atoms with E-state index in [9.17, 15) is 0 Å². The van der Waals surface area contributed by atoms with Crippen molar-refractivity contribution < 1.29 is 0 Å². The standard InChI is InChI=1S/C15H16ClN5/c1-10(2)15-19-18-14-8-7-13(20-21(14)15)17-9-11-5-3-4-6-12(11)16/h3-8,10H,9H2,1-2H3,(H,17,20). The normalized spacial score (nSPS) is 11.2. The van der Waals surface area contributed by atoms with E-state index in [0.717, 1.165) is 27.9 Å². The van der Waals surface area contributed by atoms with Gasteiger partial charge < -0.3 is 5.32 Å². The Hall–Kier alpha value is -2.14. The highest BCUT2D eigenvalue weighted by atomic mass is 35.5. The molecule has 0 radical (unpaired) electrons. The van der Waals surface area contributed by atoms with Gasteiger partial charge in [-0.05, 0) is 23.8 Å². The van der Waals surface area contributed by atoms with Gasteiger partial charge in [0.05, 0.1) is 0 Å². The van der Waals surface area contributed by atoms with E-state index in [1.54, 1.807) is 4.52 Å². The first kappa shape index (κ1) is 13.8. The minimum atomic E-state index is 0.270. The fourth-order valence-electron chi connectivity index (χ4n) is 2.09. The summed E-state index contributed by atoms with van der Waals surface area (Å²) < 4.78 is 1.78. The van der Waals surface area contributed by atoms with Crippen molar-refractivity contribution in [2.75, 3.05) is 5.32 Å². The van der Waals surface area contributed by atoms with Crippen LogP contribution in [-0.2, 0) is 6.54 Å². The number of hydrogen-bond acceptors (Lipinski definition) is 4. The maximum absolute atomic E-state index is 6.15. The highest BCUT2D eigenvalue weighted by molar-refractivity contribution is 6.31. The average Bonchev–Trinajstić information content (AvgIpc) is 2.89. The van der Waals surface area contributed by atoms with Crippen molar-refractivity contribution in [3.8, 4) is 0 Å². The molecule has 3 aromatic rings. The molecule has 0 atom stereocenters. The second kappa shape index (κ2) is 5.69. The van der Waals surface area contributed by atoms with Gasteiger partial charge in [-0.1, -0.05) is 43.6 Å². The Bertz CT molecular complexity index is 766. The van der Waals surface area contributed by atoms with Crippen LogP contribution in [0.3, 0.4) is 0 Å². The summed E-state index contributed by atoms with van der Waals surface area (Å²) in [5.74, 6) is 1.89. The molecule has 2 heterocycles. The van der Waals surface area contributed by atoms with Crippen LogP contribution in [0.5, 0.6) is 0 Å². The van der Waals surface area contributed by atoms with Crippen molar-refractivity contribution in [2.45, 2.75) is 26.3 Å². The molecule has 0 amide bonds. The Morgan fingerprint density at radius 3 is 2.71 bits per heavy atom. The van der Waals surface area contributed by atoms with Crippen LogP contribution in [0.25, 0.3) is 5.65 Å². The summed E-state index contributed by atoms with van der Waals surface area (Å²) in [6.45, 7) is 4.77. The van der Waals surface area contributed by atoms with Crippen molar-refractivity contribution in [1.82, 2.24) is 19.8 Å². The third kappa shape index (κ3) is 2.83. The third-order valence-corrected chi connectivity index (χ3v) is 3.59. The van der Waals surface area contributed by atoms with Gasteiger partial charge in [-0.2, -0.15) is 4.52 Å². The molecular weight excluding hydrogens is 286 g/mol. The summed E-state index contributed by atoms with van der Waals surface area (Å²) in [5.41, 5.74) is 1.79. The van der Waals surface area contributed by atoms with Crippen LogP contribution in [0.15, 0.2) is 36.4 Å². The van der Waals surface area contributed by atoms with E-state index in [0.29, 0.717) is 6.54 Å². The Morgan fingerprint density at radius 1 is 1.14 bits per heavy atom. The van der Waals surface area contributed by atoms with E-state index < -0.39 is 0 Å². The largest absolute Gasteiger partial charge is 0.364 e. The highest BCUT2D eigenvalue weighted by Gasteiger charge is 2.10. The van der Waals surface area contributed by atoms with Crippen LogP contribution in [0.2, 0.25) is 5.02 Å². The van der Waals surface area contributed by atoms with Crippen molar-refractivity contribution >= 4 is 23.1 Å². The molecular formula is C15H16ClN5. The van der Waals surface area contributed by atoms with Gasteiger partial charge in [-0.3, -0.25) is 0 Å². The molecule has 21 heavy (non-hydrogen) atoms. The Balaban J connectivity index is 1.84. The number of benzene rings is 1. The number of rotatable bonds is 4. The van der Waals surface area contributed by atoms with Crippen LogP contribution >= 0.6 is 11.6 Å². The molecule has 0 aliphatic rings. The SMILES string of the molecule is CC(C)c1nnc2ccc(NCc3ccccc3Cl)nn12. The van der Waals surface area contributed by atoms with Gasteiger partial charge in [0.25, 0.3) is 0 Å². The second-order valence-electron chi connectivity index (χ2n) is 5.15. The molecule has 2 aromatic heterocycles. The average molecular weight is 302 g/mol. The number of fused-ring (bicyclic) bond motifs is 1. The van der Waals surface area contributed by atoms with Gasteiger partial charge in [-0.15, -0.1) is 15.3 Å². The van der Waals surface area contributed by atoms with E-state index in [1.807, 2.05) is 36.4 Å². The van der Waals surface area contributed by atoms with E-state index >= 15 is 0 Å². The molecule has 0 saturated carbocycles. The third-order valence-electron chi connectivity index (χ3n) is 3.22. The van der Waals surface area contributed by atoms with E-state index in [-0.39, 0.29) is 5.92 Å². The first-order chi connectivity index (χ1) is 10.1. The minimum absolute atomic E-state index is 0.270. The predicted molar refractivity (Wildman–Crippen MR) is 83.6 cm³/mol. The summed E-state index contributed by atoms with van der Waals surface area (Å²) in [4.78, 5) is 0. The van der Waals surface area contributed by atoms with Crippen LogP contribution in [0.4, 0.5) is 5.82 Å². The van der Waals surface area contributed by atoms with Gasteiger partial charge in [0.15, 0.2) is 11.5 Å². The monoisotopic (exact) mass is 301 g/mol. The van der Waals surface area contributed by atoms with Gasteiger partial charge in [-0.25, -0.2) is 0 Å². The summed E-state index contributed by atoms with van der Waals surface area (Å²) in [6.07, 6.45) is 0. The number of hydrogen-bond donors (Lipinski definition) is 1. The van der Waals surface area contributed by atoms with Crippen molar-refractivity contribution in [3.05, 3.63) is 52.8 Å². The smallest absolute Gasteiger partial charge is 0.178 e. The van der Waals surface area contributed by atoms with Crippen LogP contribution in [0.1, 0.15) is 31.2 Å². The maximum atomic E-state index is 6.15. The molecule has 108 valence electrons. The molecule has 5 nitrogen and oxygen atoms in total. The van der Waals surface area contributed by atoms with Crippen LogP contribution in [0, 0.1) is 0 Å². The Labute approximate surface area is 128 Å². The quantitative estimate of drug-likeness (QED) is 0.801. The molecule has 3 rings (SSSR count). The molecule has 1 aromatic carbocycles. The molecule has 0 aliphatic heterocycles. The Kier molecular flexibility index (Phi) is 3.75. The summed E-state index contributed by atoms with van der Waals surface area (Å²) in [6, 6.07) is 11.6. The zero-order valence-corrected chi connectivity index (χ0v) is 12.7. The summed E-state index contributed by atoms with van der Waals surface area (Å²) in [5, 5.41) is 16.8. The second-order valence-corrected chi connectivity index (χ2v) is 5.55. The number of nitrogens with zero attached hydrogens (tertiary/aromatic N) is 4. The number of anilines is 1. The highest BCUT2D eigenvalue weighted by Crippen LogP contribution is 2.17. The number of halogens is 1. The zero-order chi connectivity index (χ0) is 14.8. The molecule has 0 spiro atoms. The Morgan fingerprint density at radius 2 is 1.95 bits per heavy atom. The van der Waals surface area contributed by atoms with Crippen molar-refractivity contribution in [2.24, 2.45) is 0 Å². The lowest BCUT2D eigenvalue weighted by Crippen LogP contribution is -2.06. The summed E-state index contributed by atoms with van der Waals surface area (Å²) >= 11 is 6.15. The van der Waals surface area contributed by atoms with Crippen LogP contribution < -0.4 is 5.32 Å². The zero-order valence-electron chi connectivity index (χ0n) is 11.9. The molecule has 0 fully saturated rings. The topological polar surface area (TPSA) is 55.1 Å². The lowest BCUT2D eigenvalue weighted by molar-refractivity contribution is 0.721. The lowest BCUT2D eigenvalue weighted by atomic mass is 10.2. The van der Waals surface area contributed by atoms with Gasteiger partial charge in [0.1, 0.15) is 5.82 Å². The first-order valence-corrected chi connectivity index (χ1v) is 7.22. The van der Waals surface area contributed by atoms with Crippen molar-refractivity contribution in [3.63, 3.8) is 0 Å². The molecule has 0 unspecified atom stereocenters. The summed E-state index contributed by atoms with van der Waals surface area (Å²) in [7, 11) is 0. The van der Waals surface area contributed by atoms with Gasteiger partial charge in [0.2, 0.25) is 0 Å². The number of aromatic nitrogens is 4. The number of nitrogens with one attached hydrogen (secondary N) is 1. The molecule has 6 heteroatoms. The maximum Gasteiger partial charge on any atom is 0.178 e. The van der Waals surface area contributed by atoms with E-state index in [2.05, 4.69) is 34.5 Å². The minimum Gasteiger partial charge on any atom is -0.364 e. The molecule has 1 N–H and O–H groups in total. The van der Waals surface area contributed by atoms with Crippen LogP contribution in [-0.4, -0.2) is 19.8 Å². The van der Waals surface area contributed by atoms with E-state index in [4.69, 9.17) is 11.6 Å². The van der Waals surface area contributed by atoms with E-state index in [1.165, 1.54) is 0 Å². The van der Waals surface area contributed by atoms with Gasteiger partial charge >= 0.3 is 0 Å². The predicted octanol–water partition coefficient (Wildman–Crippen LogP) is 3.51. The lowest BCUT2D eigenvalue weighted by Gasteiger charge is -2.08. The molecule has 0 aliphatic carbocycles.